The zero-order chi connectivity index (χ0) is 31.7. The molecule has 0 aliphatic heterocycles. The fourth-order valence-electron chi connectivity index (χ4n) is 3.90. The van der Waals surface area contributed by atoms with Crippen molar-refractivity contribution in [2.24, 2.45) is 0 Å². The summed E-state index contributed by atoms with van der Waals surface area (Å²) < 4.78 is 152. The third-order valence-corrected chi connectivity index (χ3v) is 7.92. The smallest absolute Gasteiger partial charge is 0.209 e. The van der Waals surface area contributed by atoms with Crippen molar-refractivity contribution in [3.63, 3.8) is 0 Å². The molecule has 4 rings (SSSR count). The van der Waals surface area contributed by atoms with Crippen LogP contribution in [0.4, 0.5) is 43.9 Å². The van der Waals surface area contributed by atoms with E-state index in [-0.39, 0.29) is 23.3 Å². The fourth-order valence-corrected chi connectivity index (χ4v) is 5.50. The highest BCUT2D eigenvalue weighted by Gasteiger charge is 2.50. The summed E-state index contributed by atoms with van der Waals surface area (Å²) in [5.41, 5.74) is -3.97. The number of hydrogen-bond acceptors (Lipinski definition) is 1. The van der Waals surface area contributed by atoms with Gasteiger partial charge >= 0.3 is 0 Å². The van der Waals surface area contributed by atoms with Gasteiger partial charge in [-0.15, -0.1) is 0 Å². The molecule has 0 aromatic heterocycles. The molecule has 13 heteroatoms. The minimum absolute atomic E-state index is 0.117. The van der Waals surface area contributed by atoms with Gasteiger partial charge in [0.2, 0.25) is 10.0 Å². The van der Waals surface area contributed by atoms with Crippen LogP contribution in [0.25, 0.3) is 12.2 Å². The molecule has 0 saturated heterocycles. The number of benzene rings is 4. The Bertz CT molecular complexity index is 1550. The first-order chi connectivity index (χ1) is 20.2. The minimum atomic E-state index is -4.09. The molecule has 4 aromatic carbocycles. The van der Waals surface area contributed by atoms with E-state index in [0.717, 1.165) is 12.2 Å². The van der Waals surface area contributed by atoms with Crippen molar-refractivity contribution < 1.29 is 43.9 Å². The Balaban J connectivity index is 2.05. The van der Waals surface area contributed by atoms with E-state index in [9.17, 15) is 17.6 Å². The maximum Gasteiger partial charge on any atom is 0.209 e. The Labute approximate surface area is 252 Å². The monoisotopic (exact) mass is 666 g/mol. The van der Waals surface area contributed by atoms with Crippen LogP contribution < -0.4 is 0 Å². The molecular formula is C30H14Cl2F10S. The number of hydrogen-bond donors (Lipinski definition) is 0. The Morgan fingerprint density at radius 1 is 0.465 bits per heavy atom. The van der Waals surface area contributed by atoms with Crippen molar-refractivity contribution in [2.45, 2.75) is 10.0 Å². The minimum Gasteiger partial charge on any atom is -0.222 e. The molecule has 224 valence electrons. The maximum atomic E-state index is 17.0. The van der Waals surface area contributed by atoms with Crippen LogP contribution in [0, 0.1) is 46.5 Å². The molecule has 2 unspecified atom stereocenters. The van der Waals surface area contributed by atoms with E-state index in [4.69, 9.17) is 23.2 Å². The summed E-state index contributed by atoms with van der Waals surface area (Å²) in [6.07, 6.45) is 2.11. The van der Waals surface area contributed by atoms with Crippen molar-refractivity contribution >= 4 is 47.1 Å². The standard InChI is InChI=1S/C30H14Cl2F10S/c31-19-25(37)21(33)17(22(34)26(19)38)29(41,13-11-15-7-3-1-4-8-15)43-30(42,14-12-16-9-5-2-6-10-16)18-23(35)27(39)20(32)28(40)24(18)36/h1-14H/b13-11-,14-12-. The van der Waals surface area contributed by atoms with Gasteiger partial charge in [-0.05, 0) is 23.3 Å². The van der Waals surface area contributed by atoms with E-state index in [0.29, 0.717) is 0 Å². The largest absolute Gasteiger partial charge is 0.222 e. The second-order valence-corrected chi connectivity index (χ2v) is 10.9. The summed E-state index contributed by atoms with van der Waals surface area (Å²) in [7, 11) is 0. The molecule has 0 amide bonds. The number of halogens is 12. The predicted octanol–water partition coefficient (Wildman–Crippen LogP) is 11.2. The molecule has 0 aliphatic carbocycles. The molecule has 0 N–H and O–H groups in total. The van der Waals surface area contributed by atoms with Gasteiger partial charge in [-0.25, -0.2) is 43.9 Å². The molecular weight excluding hydrogens is 653 g/mol. The average Bonchev–Trinajstić information content (AvgIpc) is 3.00. The van der Waals surface area contributed by atoms with Crippen LogP contribution in [0.3, 0.4) is 0 Å². The third kappa shape index (κ3) is 6.30. The Morgan fingerprint density at radius 2 is 0.744 bits per heavy atom. The summed E-state index contributed by atoms with van der Waals surface area (Å²) in [6, 6.07) is 14.2. The molecule has 0 nitrogen and oxygen atoms in total. The molecule has 0 aliphatic rings. The van der Waals surface area contributed by atoms with Crippen LogP contribution in [0.5, 0.6) is 0 Å². The van der Waals surface area contributed by atoms with Gasteiger partial charge in [0, 0.05) is 0 Å². The Hall–Kier alpha value is -3.41. The molecule has 0 spiro atoms. The number of thioether (sulfide) groups is 1. The summed E-state index contributed by atoms with van der Waals surface area (Å²) in [6.45, 7) is 0. The number of alkyl halides is 2. The summed E-state index contributed by atoms with van der Waals surface area (Å²) in [5, 5.41) is -11.6. The van der Waals surface area contributed by atoms with Crippen LogP contribution in [-0.4, -0.2) is 0 Å². The molecule has 0 saturated carbocycles. The summed E-state index contributed by atoms with van der Waals surface area (Å²) in [5.74, 6) is -18.7. The summed E-state index contributed by atoms with van der Waals surface area (Å²) in [4.78, 5) is 0. The summed E-state index contributed by atoms with van der Waals surface area (Å²) >= 11 is 9.55. The predicted molar refractivity (Wildman–Crippen MR) is 147 cm³/mol. The average molecular weight is 667 g/mol. The zero-order valence-corrected chi connectivity index (χ0v) is 23.4. The molecule has 43 heavy (non-hydrogen) atoms. The maximum absolute atomic E-state index is 17.0. The SMILES string of the molecule is Fc1c(F)c(C(F)(/C=C\c2ccccc2)SC(F)(/C=C\c2ccccc2)c2c(F)c(F)c(Cl)c(F)c2F)c(F)c(F)c1Cl. The zero-order valence-electron chi connectivity index (χ0n) is 21.0. The van der Waals surface area contributed by atoms with Crippen LogP contribution in [0.2, 0.25) is 10.0 Å². The van der Waals surface area contributed by atoms with Crippen molar-refractivity contribution in [3.05, 3.63) is 152 Å². The van der Waals surface area contributed by atoms with Crippen LogP contribution in [-0.2, 0) is 10.0 Å². The first-order valence-electron chi connectivity index (χ1n) is 11.8. The lowest BCUT2D eigenvalue weighted by molar-refractivity contribution is 0.291. The van der Waals surface area contributed by atoms with Gasteiger partial charge in [-0.2, -0.15) is 0 Å². The van der Waals surface area contributed by atoms with Gasteiger partial charge in [-0.3, -0.25) is 0 Å². The Morgan fingerprint density at radius 3 is 1.02 bits per heavy atom. The topological polar surface area (TPSA) is 0 Å². The molecule has 0 bridgehead atoms. The first-order valence-corrected chi connectivity index (χ1v) is 13.4. The fraction of sp³-hybridized carbons (Fsp3) is 0.0667. The van der Waals surface area contributed by atoms with Gasteiger partial charge < -0.3 is 0 Å². The van der Waals surface area contributed by atoms with Crippen molar-refractivity contribution in [2.75, 3.05) is 0 Å². The number of rotatable bonds is 8. The van der Waals surface area contributed by atoms with Gasteiger partial charge in [0.1, 0.15) is 10.0 Å². The van der Waals surface area contributed by atoms with Crippen LogP contribution in [0.1, 0.15) is 22.3 Å². The highest BCUT2D eigenvalue weighted by molar-refractivity contribution is 8.01. The molecule has 0 heterocycles. The highest BCUT2D eigenvalue weighted by Crippen LogP contribution is 2.56. The van der Waals surface area contributed by atoms with Crippen LogP contribution >= 0.6 is 35.0 Å². The second kappa shape index (κ2) is 12.7. The molecule has 0 fully saturated rings. The highest BCUT2D eigenvalue weighted by atomic mass is 35.5. The normalized spacial score (nSPS) is 14.8. The van der Waals surface area contributed by atoms with E-state index in [2.05, 4.69) is 0 Å². The van der Waals surface area contributed by atoms with Gasteiger partial charge in [-0.1, -0.05) is 108 Å². The van der Waals surface area contributed by atoms with Crippen molar-refractivity contribution in [1.29, 1.82) is 0 Å². The molecule has 4 aromatic rings. The van der Waals surface area contributed by atoms with Crippen LogP contribution in [0.15, 0.2) is 72.8 Å². The van der Waals surface area contributed by atoms with Gasteiger partial charge in [0.15, 0.2) is 46.5 Å². The van der Waals surface area contributed by atoms with E-state index in [1.807, 2.05) is 0 Å². The van der Waals surface area contributed by atoms with E-state index in [1.54, 1.807) is 0 Å². The lowest BCUT2D eigenvalue weighted by Gasteiger charge is -2.32. The van der Waals surface area contributed by atoms with E-state index < -0.39 is 89.5 Å². The Kier molecular flexibility index (Phi) is 9.58. The van der Waals surface area contributed by atoms with E-state index in [1.165, 1.54) is 60.7 Å². The van der Waals surface area contributed by atoms with E-state index >= 15 is 26.3 Å². The molecule has 0 radical (unpaired) electrons. The van der Waals surface area contributed by atoms with Gasteiger partial charge in [0.25, 0.3) is 0 Å². The third-order valence-electron chi connectivity index (χ3n) is 5.98. The quantitative estimate of drug-likeness (QED) is 0.102. The lowest BCUT2D eigenvalue weighted by Crippen LogP contribution is -2.28. The van der Waals surface area contributed by atoms with Gasteiger partial charge in [0.05, 0.1) is 11.1 Å². The first kappa shape index (κ1) is 32.5. The lowest BCUT2D eigenvalue weighted by atomic mass is 10.0. The van der Waals surface area contributed by atoms with Crippen molar-refractivity contribution in [1.82, 2.24) is 0 Å². The van der Waals surface area contributed by atoms with Crippen molar-refractivity contribution in [3.8, 4) is 0 Å². The molecule has 2 atom stereocenters. The second-order valence-electron chi connectivity index (χ2n) is 8.77.